The van der Waals surface area contributed by atoms with Crippen molar-refractivity contribution in [2.75, 3.05) is 13.7 Å². The van der Waals surface area contributed by atoms with Gasteiger partial charge < -0.3 is 15.6 Å². The molecule has 1 aromatic rings. The van der Waals surface area contributed by atoms with Gasteiger partial charge in [-0.25, -0.2) is 0 Å². The molecule has 0 aliphatic rings. The summed E-state index contributed by atoms with van der Waals surface area (Å²) in [6.45, 7) is 2.55. The van der Waals surface area contributed by atoms with Gasteiger partial charge in [0.1, 0.15) is 5.75 Å². The third-order valence-electron chi connectivity index (χ3n) is 2.40. The first-order valence-electron chi connectivity index (χ1n) is 4.73. The Labute approximate surface area is 88.5 Å². The number of aliphatic hydroxyl groups excluding tert-OH is 1. The zero-order valence-corrected chi connectivity index (χ0v) is 9.38. The van der Waals surface area contributed by atoms with Gasteiger partial charge in [0.05, 0.1) is 13.2 Å². The zero-order valence-electron chi connectivity index (χ0n) is 8.56. The highest BCUT2D eigenvalue weighted by Crippen LogP contribution is 2.31. The lowest BCUT2D eigenvalue weighted by molar-refractivity contribution is 0.113. The van der Waals surface area contributed by atoms with Crippen LogP contribution in [0, 0.1) is 5.92 Å². The van der Waals surface area contributed by atoms with E-state index >= 15 is 0 Å². The van der Waals surface area contributed by atoms with E-state index in [1.165, 1.54) is 11.3 Å². The maximum absolute atomic E-state index is 9.96. The number of hydrogen-bond donors (Lipinski definition) is 2. The molecule has 0 amide bonds. The van der Waals surface area contributed by atoms with Crippen molar-refractivity contribution in [1.29, 1.82) is 0 Å². The van der Waals surface area contributed by atoms with Gasteiger partial charge in [0.15, 0.2) is 0 Å². The second-order valence-electron chi connectivity index (χ2n) is 3.24. The summed E-state index contributed by atoms with van der Waals surface area (Å²) in [6.07, 6.45) is 0.427. The van der Waals surface area contributed by atoms with Crippen LogP contribution in [0.1, 0.15) is 24.3 Å². The third kappa shape index (κ3) is 2.47. The number of hydrogen-bond acceptors (Lipinski definition) is 4. The number of rotatable bonds is 5. The Bertz CT molecular complexity index is 271. The van der Waals surface area contributed by atoms with Crippen LogP contribution in [0.5, 0.6) is 5.75 Å². The predicted octanol–water partition coefficient (Wildman–Crippen LogP) is 1.78. The fourth-order valence-electron chi connectivity index (χ4n) is 1.35. The highest BCUT2D eigenvalue weighted by atomic mass is 32.1. The predicted molar refractivity (Wildman–Crippen MR) is 58.7 cm³/mol. The largest absolute Gasteiger partial charge is 0.496 e. The molecule has 1 rings (SSSR count). The van der Waals surface area contributed by atoms with E-state index in [-0.39, 0.29) is 5.92 Å². The molecule has 0 saturated carbocycles. The Morgan fingerprint density at radius 2 is 2.36 bits per heavy atom. The molecule has 0 aromatic carbocycles. The fraction of sp³-hybridized carbons (Fsp3) is 0.600. The van der Waals surface area contributed by atoms with Gasteiger partial charge in [0.2, 0.25) is 0 Å². The molecule has 2 unspecified atom stereocenters. The van der Waals surface area contributed by atoms with E-state index in [1.54, 1.807) is 7.11 Å². The second kappa shape index (κ2) is 5.34. The van der Waals surface area contributed by atoms with Crippen molar-refractivity contribution >= 4 is 11.3 Å². The molecule has 0 fully saturated rings. The van der Waals surface area contributed by atoms with Crippen LogP contribution in [0.4, 0.5) is 0 Å². The van der Waals surface area contributed by atoms with Crippen LogP contribution in [0.3, 0.4) is 0 Å². The Hall–Kier alpha value is -0.580. The lowest BCUT2D eigenvalue weighted by Gasteiger charge is -2.18. The molecule has 80 valence electrons. The lowest BCUT2D eigenvalue weighted by atomic mass is 9.98. The summed E-state index contributed by atoms with van der Waals surface area (Å²) in [6, 6.07) is 1.87. The van der Waals surface area contributed by atoms with Gasteiger partial charge in [-0.3, -0.25) is 0 Å². The highest BCUT2D eigenvalue weighted by molar-refractivity contribution is 7.10. The zero-order chi connectivity index (χ0) is 10.6. The molecule has 0 aliphatic heterocycles. The molecule has 0 radical (unpaired) electrons. The standard InChI is InChI=1S/C10H17NO2S/c1-3-7(5-11)10(12)9-4-8(13-2)6-14-9/h4,6-7,10,12H,3,5,11H2,1-2H3. The SMILES string of the molecule is CCC(CN)C(O)c1cc(OC)cs1. The first-order valence-corrected chi connectivity index (χ1v) is 5.61. The molecule has 1 heterocycles. The van der Waals surface area contributed by atoms with Crippen molar-refractivity contribution in [2.45, 2.75) is 19.4 Å². The molecule has 0 bridgehead atoms. The lowest BCUT2D eigenvalue weighted by Crippen LogP contribution is -2.20. The van der Waals surface area contributed by atoms with E-state index in [1.807, 2.05) is 18.4 Å². The quantitative estimate of drug-likeness (QED) is 0.787. The van der Waals surface area contributed by atoms with E-state index in [0.717, 1.165) is 17.0 Å². The number of thiophene rings is 1. The monoisotopic (exact) mass is 215 g/mol. The topological polar surface area (TPSA) is 55.5 Å². The van der Waals surface area contributed by atoms with E-state index in [9.17, 15) is 5.11 Å². The maximum atomic E-state index is 9.96. The maximum Gasteiger partial charge on any atom is 0.129 e. The molecular formula is C10H17NO2S. The van der Waals surface area contributed by atoms with Gasteiger partial charge in [0, 0.05) is 16.2 Å². The molecule has 2 atom stereocenters. The first-order chi connectivity index (χ1) is 6.72. The van der Waals surface area contributed by atoms with Crippen molar-refractivity contribution < 1.29 is 9.84 Å². The third-order valence-corrected chi connectivity index (χ3v) is 3.38. The molecule has 3 N–H and O–H groups in total. The molecule has 0 spiro atoms. The molecule has 4 heteroatoms. The molecule has 3 nitrogen and oxygen atoms in total. The number of aliphatic hydroxyl groups is 1. The van der Waals surface area contributed by atoms with Crippen molar-refractivity contribution in [3.8, 4) is 5.75 Å². The van der Waals surface area contributed by atoms with Gasteiger partial charge in [0.25, 0.3) is 0 Å². The smallest absolute Gasteiger partial charge is 0.129 e. The van der Waals surface area contributed by atoms with Crippen LogP contribution in [-0.2, 0) is 0 Å². The fourth-order valence-corrected chi connectivity index (χ4v) is 2.28. The summed E-state index contributed by atoms with van der Waals surface area (Å²) >= 11 is 1.51. The Kier molecular flexibility index (Phi) is 4.38. The Balaban J connectivity index is 2.72. The van der Waals surface area contributed by atoms with Crippen molar-refractivity contribution in [3.05, 3.63) is 16.3 Å². The first kappa shape index (κ1) is 11.5. The Morgan fingerprint density at radius 3 is 2.79 bits per heavy atom. The minimum Gasteiger partial charge on any atom is -0.496 e. The molecule has 1 aromatic heterocycles. The molecule has 0 aliphatic carbocycles. The minimum atomic E-state index is -0.459. The number of ether oxygens (including phenoxy) is 1. The van der Waals surface area contributed by atoms with Crippen LogP contribution < -0.4 is 10.5 Å². The summed E-state index contributed by atoms with van der Waals surface area (Å²) < 4.78 is 5.06. The normalized spacial score (nSPS) is 15.1. The van der Waals surface area contributed by atoms with Crippen LogP contribution in [0.25, 0.3) is 0 Å². The van der Waals surface area contributed by atoms with Crippen molar-refractivity contribution in [2.24, 2.45) is 11.7 Å². The van der Waals surface area contributed by atoms with E-state index in [0.29, 0.717) is 6.54 Å². The van der Waals surface area contributed by atoms with Gasteiger partial charge in [-0.05, 0) is 19.0 Å². The van der Waals surface area contributed by atoms with Crippen LogP contribution in [0.2, 0.25) is 0 Å². The minimum absolute atomic E-state index is 0.137. The molecule has 0 saturated heterocycles. The Morgan fingerprint density at radius 1 is 1.64 bits per heavy atom. The number of methoxy groups -OCH3 is 1. The van der Waals surface area contributed by atoms with Crippen LogP contribution in [0.15, 0.2) is 11.4 Å². The van der Waals surface area contributed by atoms with Crippen LogP contribution >= 0.6 is 11.3 Å². The van der Waals surface area contributed by atoms with Crippen LogP contribution in [-0.4, -0.2) is 18.8 Å². The van der Waals surface area contributed by atoms with Crippen molar-refractivity contribution in [1.82, 2.24) is 0 Å². The van der Waals surface area contributed by atoms with Gasteiger partial charge in [-0.2, -0.15) is 0 Å². The summed E-state index contributed by atoms with van der Waals surface area (Å²) in [5.74, 6) is 0.939. The molecular weight excluding hydrogens is 198 g/mol. The van der Waals surface area contributed by atoms with E-state index < -0.39 is 6.10 Å². The van der Waals surface area contributed by atoms with Crippen molar-refractivity contribution in [3.63, 3.8) is 0 Å². The summed E-state index contributed by atoms with van der Waals surface area (Å²) in [4.78, 5) is 0.930. The summed E-state index contributed by atoms with van der Waals surface area (Å²) in [5.41, 5.74) is 5.57. The molecule has 14 heavy (non-hydrogen) atoms. The van der Waals surface area contributed by atoms with Gasteiger partial charge in [-0.1, -0.05) is 6.92 Å². The second-order valence-corrected chi connectivity index (χ2v) is 4.18. The average Bonchev–Trinajstić information content (AvgIpc) is 2.67. The van der Waals surface area contributed by atoms with Gasteiger partial charge >= 0.3 is 0 Å². The summed E-state index contributed by atoms with van der Waals surface area (Å²) in [7, 11) is 1.62. The number of nitrogens with two attached hydrogens (primary N) is 1. The van der Waals surface area contributed by atoms with E-state index in [2.05, 4.69) is 0 Å². The van der Waals surface area contributed by atoms with Gasteiger partial charge in [-0.15, -0.1) is 11.3 Å². The van der Waals surface area contributed by atoms with E-state index in [4.69, 9.17) is 10.5 Å². The highest BCUT2D eigenvalue weighted by Gasteiger charge is 2.19. The average molecular weight is 215 g/mol. The summed E-state index contributed by atoms with van der Waals surface area (Å²) in [5, 5.41) is 11.9.